The van der Waals surface area contributed by atoms with Crippen LogP contribution in [-0.4, -0.2) is 7.25 Å². The smallest absolute Gasteiger partial charge is 0.418 e. The molecule has 0 radical (unpaired) electrons. The van der Waals surface area contributed by atoms with Crippen LogP contribution in [0.3, 0.4) is 0 Å². The van der Waals surface area contributed by atoms with Gasteiger partial charge < -0.3 is 17.3 Å². The molecule has 0 aliphatic carbocycles. The zero-order valence-corrected chi connectivity index (χ0v) is 10.7. The Balaban J connectivity index is 0.000000280. The average Bonchev–Trinajstić information content (AvgIpc) is 2.58. The summed E-state index contributed by atoms with van der Waals surface area (Å²) in [6.07, 6.45) is 1.88. The van der Waals surface area contributed by atoms with Crippen molar-refractivity contribution in [1.82, 2.24) is 0 Å². The minimum absolute atomic E-state index is 0.551. The normalized spacial score (nSPS) is 11.3. The van der Waals surface area contributed by atoms with Crippen LogP contribution in [0.5, 0.6) is 0 Å². The van der Waals surface area contributed by atoms with Crippen LogP contribution in [0.15, 0.2) is 22.9 Å². The molecule has 1 aromatic heterocycles. The summed E-state index contributed by atoms with van der Waals surface area (Å²) in [6, 6.07) is 3.51. The topological polar surface area (TPSA) is 17.0 Å². The summed E-state index contributed by atoms with van der Waals surface area (Å²) in [7, 11) is -6.00. The van der Waals surface area contributed by atoms with Crippen molar-refractivity contribution in [2.75, 3.05) is 0 Å². The van der Waals surface area contributed by atoms with E-state index in [-0.39, 0.29) is 0 Å². The van der Waals surface area contributed by atoms with E-state index < -0.39 is 7.25 Å². The van der Waals surface area contributed by atoms with Crippen LogP contribution in [0.2, 0.25) is 10.0 Å². The highest BCUT2D eigenvalue weighted by molar-refractivity contribution is 6.50. The SMILES string of the molecule is CC[n+]1cc2cc(Cl)cc(Cl)c2o1.F[B-](F)(F)F. The second kappa shape index (κ2) is 5.80. The van der Waals surface area contributed by atoms with Gasteiger partial charge in [0.25, 0.3) is 0 Å². The van der Waals surface area contributed by atoms with Gasteiger partial charge in [0, 0.05) is 5.02 Å². The number of halogens is 6. The molecule has 100 valence electrons. The third-order valence-corrected chi connectivity index (χ3v) is 2.34. The summed E-state index contributed by atoms with van der Waals surface area (Å²) in [5.41, 5.74) is 0.688. The van der Waals surface area contributed by atoms with Crippen LogP contribution >= 0.6 is 23.2 Å². The molecule has 1 heterocycles. The molecule has 0 fully saturated rings. The first kappa shape index (κ1) is 15.1. The average molecular weight is 304 g/mol. The molecule has 0 N–H and O–H groups in total. The molecular weight excluding hydrogens is 296 g/mol. The van der Waals surface area contributed by atoms with Gasteiger partial charge in [-0.05, 0) is 23.8 Å². The molecule has 9 heteroatoms. The van der Waals surface area contributed by atoms with Gasteiger partial charge in [-0.1, -0.05) is 23.2 Å². The largest absolute Gasteiger partial charge is 0.673 e. The van der Waals surface area contributed by atoms with Crippen molar-refractivity contribution < 1.29 is 26.5 Å². The fraction of sp³-hybridized carbons (Fsp3) is 0.222. The third kappa shape index (κ3) is 4.74. The Labute approximate surface area is 110 Å². The van der Waals surface area contributed by atoms with Gasteiger partial charge in [0.2, 0.25) is 11.8 Å². The van der Waals surface area contributed by atoms with Crippen molar-refractivity contribution in [3.63, 3.8) is 0 Å². The van der Waals surface area contributed by atoms with Crippen LogP contribution in [0, 0.1) is 0 Å². The van der Waals surface area contributed by atoms with Crippen LogP contribution in [-0.2, 0) is 6.54 Å². The lowest BCUT2D eigenvalue weighted by Gasteiger charge is -1.94. The van der Waals surface area contributed by atoms with E-state index in [9.17, 15) is 17.3 Å². The van der Waals surface area contributed by atoms with Gasteiger partial charge in [-0.25, -0.2) is 4.52 Å². The van der Waals surface area contributed by atoms with Crippen LogP contribution < -0.4 is 4.74 Å². The summed E-state index contributed by atoms with van der Waals surface area (Å²) >= 11 is 11.8. The Morgan fingerprint density at radius 2 is 1.78 bits per heavy atom. The van der Waals surface area contributed by atoms with Gasteiger partial charge in [0.15, 0.2) is 6.54 Å². The predicted molar refractivity (Wildman–Crippen MR) is 62.3 cm³/mol. The minimum atomic E-state index is -6.00. The molecule has 0 atom stereocenters. The van der Waals surface area contributed by atoms with Crippen molar-refractivity contribution in [2.24, 2.45) is 0 Å². The molecule has 2 rings (SSSR count). The Morgan fingerprint density at radius 1 is 1.22 bits per heavy atom. The fourth-order valence-electron chi connectivity index (χ4n) is 1.23. The highest BCUT2D eigenvalue weighted by Gasteiger charge is 2.20. The molecule has 0 amide bonds. The van der Waals surface area contributed by atoms with Gasteiger partial charge in [-0.15, -0.1) is 0 Å². The zero-order valence-electron chi connectivity index (χ0n) is 9.14. The number of aromatic nitrogens is 1. The number of benzene rings is 1. The van der Waals surface area contributed by atoms with Gasteiger partial charge in [-0.3, -0.25) is 0 Å². The van der Waals surface area contributed by atoms with Crippen molar-refractivity contribution in [3.8, 4) is 0 Å². The van der Waals surface area contributed by atoms with Gasteiger partial charge in [0.1, 0.15) is 0 Å². The third-order valence-electron chi connectivity index (χ3n) is 1.84. The monoisotopic (exact) mass is 303 g/mol. The van der Waals surface area contributed by atoms with Gasteiger partial charge in [-0.2, -0.15) is 0 Å². The van der Waals surface area contributed by atoms with Crippen LogP contribution in [0.1, 0.15) is 6.92 Å². The summed E-state index contributed by atoms with van der Waals surface area (Å²) in [5, 5.41) is 2.11. The Morgan fingerprint density at radius 3 is 2.28 bits per heavy atom. The van der Waals surface area contributed by atoms with Crippen molar-refractivity contribution >= 4 is 41.4 Å². The predicted octanol–water partition coefficient (Wildman–Crippen LogP) is 4.35. The molecule has 0 unspecified atom stereocenters. The highest BCUT2D eigenvalue weighted by Crippen LogP contribution is 2.26. The molecule has 0 spiro atoms. The van der Waals surface area contributed by atoms with Crippen molar-refractivity contribution in [1.29, 1.82) is 0 Å². The maximum atomic E-state index is 9.75. The van der Waals surface area contributed by atoms with Crippen molar-refractivity contribution in [3.05, 3.63) is 28.4 Å². The van der Waals surface area contributed by atoms with Gasteiger partial charge >= 0.3 is 7.25 Å². The first-order valence-electron chi connectivity index (χ1n) is 4.86. The molecule has 0 aliphatic heterocycles. The molecule has 2 nitrogen and oxygen atoms in total. The van der Waals surface area contributed by atoms with E-state index in [2.05, 4.69) is 0 Å². The maximum Gasteiger partial charge on any atom is 0.673 e. The minimum Gasteiger partial charge on any atom is -0.418 e. The molecule has 2 aromatic rings. The van der Waals surface area contributed by atoms with E-state index >= 15 is 0 Å². The second-order valence-electron chi connectivity index (χ2n) is 3.25. The number of hydrogen-bond donors (Lipinski definition) is 0. The lowest BCUT2D eigenvalue weighted by molar-refractivity contribution is -0.857. The summed E-state index contributed by atoms with van der Waals surface area (Å²) in [6.45, 7) is 2.78. The number of aryl methyl sites for hydroxylation is 1. The van der Waals surface area contributed by atoms with E-state index in [0.29, 0.717) is 15.6 Å². The van der Waals surface area contributed by atoms with E-state index in [1.165, 1.54) is 0 Å². The fourth-order valence-corrected chi connectivity index (χ4v) is 1.77. The number of fused-ring (bicyclic) bond motifs is 1. The summed E-state index contributed by atoms with van der Waals surface area (Å²) in [5.74, 6) is 0. The van der Waals surface area contributed by atoms with Crippen LogP contribution in [0.4, 0.5) is 17.3 Å². The quantitative estimate of drug-likeness (QED) is 0.435. The number of nitrogens with zero attached hydrogens (tertiary/aromatic N) is 1. The molecule has 0 aliphatic rings. The molecule has 1 aromatic carbocycles. The first-order chi connectivity index (χ1) is 8.20. The van der Waals surface area contributed by atoms with Crippen LogP contribution in [0.25, 0.3) is 11.0 Å². The Kier molecular flexibility index (Phi) is 4.87. The molecule has 0 saturated heterocycles. The Hall–Kier alpha value is -0.945. The first-order valence-corrected chi connectivity index (χ1v) is 5.62. The zero-order chi connectivity index (χ0) is 13.9. The summed E-state index contributed by atoms with van der Waals surface area (Å²) < 4.78 is 46.1. The molecule has 0 saturated carbocycles. The van der Waals surface area contributed by atoms with E-state index in [4.69, 9.17) is 27.7 Å². The molecular formula is C9H8BCl2F4NO. The van der Waals surface area contributed by atoms with E-state index in [1.54, 1.807) is 10.8 Å². The van der Waals surface area contributed by atoms with E-state index in [1.807, 2.05) is 19.2 Å². The lowest BCUT2D eigenvalue weighted by Crippen LogP contribution is -2.27. The highest BCUT2D eigenvalue weighted by atomic mass is 35.5. The maximum absolute atomic E-state index is 9.75. The molecule has 0 bridgehead atoms. The number of hydrogen-bond acceptors (Lipinski definition) is 1. The summed E-state index contributed by atoms with van der Waals surface area (Å²) in [4.78, 5) is 0. The lowest BCUT2D eigenvalue weighted by atomic mass is 10.3. The second-order valence-corrected chi connectivity index (χ2v) is 4.10. The number of rotatable bonds is 1. The van der Waals surface area contributed by atoms with E-state index in [0.717, 1.165) is 11.9 Å². The van der Waals surface area contributed by atoms with Gasteiger partial charge in [0.05, 0.1) is 10.4 Å². The standard InChI is InChI=1S/C9H8Cl2NO.BF4/c1-2-12-5-6-3-7(10)4-8(11)9(6)13-12;2-1(3,4)5/h3-5H,2H2,1H3;/q+1;-1. The Bertz CT molecular complexity index is 537. The molecule has 18 heavy (non-hydrogen) atoms. The van der Waals surface area contributed by atoms with Crippen molar-refractivity contribution in [2.45, 2.75) is 13.5 Å².